The van der Waals surface area contributed by atoms with Gasteiger partial charge in [-0.3, -0.25) is 4.98 Å². The summed E-state index contributed by atoms with van der Waals surface area (Å²) in [6, 6.07) is 2.16. The first-order valence-corrected chi connectivity index (χ1v) is 7.95. The number of hydrogen-bond acceptors (Lipinski definition) is 4. The summed E-state index contributed by atoms with van der Waals surface area (Å²) in [4.78, 5) is 4.33. The third-order valence-electron chi connectivity index (χ3n) is 3.88. The minimum Gasteiger partial charge on any atom is -0.489 e. The third kappa shape index (κ3) is 4.42. The van der Waals surface area contributed by atoms with Crippen LogP contribution in [0.25, 0.3) is 0 Å². The molecule has 0 aliphatic carbocycles. The summed E-state index contributed by atoms with van der Waals surface area (Å²) in [5.41, 5.74) is 0.884. The number of likely N-dealkylation sites (N-methyl/N-ethyl adjacent to an activating group) is 1. The van der Waals surface area contributed by atoms with Crippen molar-refractivity contribution in [2.75, 3.05) is 13.7 Å². The quantitative estimate of drug-likeness (QED) is 0.753. The van der Waals surface area contributed by atoms with Crippen molar-refractivity contribution in [3.8, 4) is 5.75 Å². The molecule has 0 aliphatic rings. The van der Waals surface area contributed by atoms with Gasteiger partial charge in [0.1, 0.15) is 5.75 Å². The first kappa shape index (κ1) is 17.9. The molecule has 1 N–H and O–H groups in total. The van der Waals surface area contributed by atoms with Crippen molar-refractivity contribution in [2.24, 2.45) is 0 Å². The molecule has 0 fully saturated rings. The van der Waals surface area contributed by atoms with Gasteiger partial charge in [0.15, 0.2) is 0 Å². The molecule has 1 aromatic rings. The van der Waals surface area contributed by atoms with Crippen LogP contribution >= 0.6 is 0 Å². The fraction of sp³-hybridized carbons (Fsp3) is 0.706. The van der Waals surface area contributed by atoms with Crippen LogP contribution in [0, 0.1) is 0 Å². The van der Waals surface area contributed by atoms with Gasteiger partial charge in [-0.1, -0.05) is 13.8 Å². The second-order valence-corrected chi connectivity index (χ2v) is 5.55. The second-order valence-electron chi connectivity index (χ2n) is 5.55. The van der Waals surface area contributed by atoms with Crippen molar-refractivity contribution in [3.05, 3.63) is 24.0 Å². The summed E-state index contributed by atoms with van der Waals surface area (Å²) in [6.45, 7) is 11.1. The SMILES string of the molecule is CCOC(CC)(CC)C(NC)c1cncc(OC(C)C)c1. The van der Waals surface area contributed by atoms with E-state index < -0.39 is 0 Å². The fourth-order valence-electron chi connectivity index (χ4n) is 2.90. The molecular formula is C17H30N2O2. The Morgan fingerprint density at radius 1 is 1.19 bits per heavy atom. The van der Waals surface area contributed by atoms with Crippen LogP contribution in [0.3, 0.4) is 0 Å². The van der Waals surface area contributed by atoms with Crippen LogP contribution < -0.4 is 10.1 Å². The molecule has 0 spiro atoms. The van der Waals surface area contributed by atoms with E-state index >= 15 is 0 Å². The molecule has 0 aromatic carbocycles. The average molecular weight is 294 g/mol. The molecule has 120 valence electrons. The highest BCUT2D eigenvalue weighted by atomic mass is 16.5. The Kier molecular flexibility index (Phi) is 7.12. The number of hydrogen-bond donors (Lipinski definition) is 1. The van der Waals surface area contributed by atoms with Crippen molar-refractivity contribution in [1.29, 1.82) is 0 Å². The van der Waals surface area contributed by atoms with Crippen molar-refractivity contribution < 1.29 is 9.47 Å². The van der Waals surface area contributed by atoms with Crippen LogP contribution in [0.5, 0.6) is 5.75 Å². The number of nitrogens with one attached hydrogen (secondary N) is 1. The average Bonchev–Trinajstić information content (AvgIpc) is 2.46. The molecule has 1 rings (SSSR count). The Bertz CT molecular complexity index is 417. The molecule has 1 atom stereocenters. The zero-order chi connectivity index (χ0) is 15.9. The molecule has 0 radical (unpaired) electrons. The van der Waals surface area contributed by atoms with E-state index in [1.54, 1.807) is 6.20 Å². The summed E-state index contributed by atoms with van der Waals surface area (Å²) in [6.07, 6.45) is 5.68. The maximum Gasteiger partial charge on any atom is 0.138 e. The maximum atomic E-state index is 6.13. The van der Waals surface area contributed by atoms with Crippen LogP contribution in [0.15, 0.2) is 18.5 Å². The molecular weight excluding hydrogens is 264 g/mol. The lowest BCUT2D eigenvalue weighted by Crippen LogP contribution is -2.44. The Morgan fingerprint density at radius 3 is 2.33 bits per heavy atom. The number of nitrogens with zero attached hydrogens (tertiary/aromatic N) is 1. The largest absolute Gasteiger partial charge is 0.489 e. The summed E-state index contributed by atoms with van der Waals surface area (Å²) in [7, 11) is 1.97. The number of aromatic nitrogens is 1. The van der Waals surface area contributed by atoms with Crippen molar-refractivity contribution >= 4 is 0 Å². The standard InChI is InChI=1S/C17H30N2O2/c1-7-17(8-2,20-9-3)16(18-6)14-10-15(12-19-11-14)21-13(4)5/h10-13,16,18H,7-9H2,1-6H3. The molecule has 21 heavy (non-hydrogen) atoms. The summed E-state index contributed by atoms with van der Waals surface area (Å²) >= 11 is 0. The lowest BCUT2D eigenvalue weighted by molar-refractivity contribution is -0.0718. The van der Waals surface area contributed by atoms with Gasteiger partial charge in [0.05, 0.1) is 23.9 Å². The van der Waals surface area contributed by atoms with Gasteiger partial charge >= 0.3 is 0 Å². The molecule has 4 nitrogen and oxygen atoms in total. The third-order valence-corrected chi connectivity index (χ3v) is 3.88. The highest BCUT2D eigenvalue weighted by Gasteiger charge is 2.37. The summed E-state index contributed by atoms with van der Waals surface area (Å²) < 4.78 is 11.9. The van der Waals surface area contributed by atoms with E-state index in [0.29, 0.717) is 6.61 Å². The van der Waals surface area contributed by atoms with Crippen molar-refractivity contribution in [2.45, 2.75) is 65.2 Å². The van der Waals surface area contributed by atoms with Gasteiger partial charge in [0, 0.05) is 12.8 Å². The van der Waals surface area contributed by atoms with Gasteiger partial charge in [-0.2, -0.15) is 0 Å². The number of pyridine rings is 1. The van der Waals surface area contributed by atoms with Gasteiger partial charge < -0.3 is 14.8 Å². The van der Waals surface area contributed by atoms with Crippen molar-refractivity contribution in [1.82, 2.24) is 10.3 Å². The highest BCUT2D eigenvalue weighted by molar-refractivity contribution is 5.28. The van der Waals surface area contributed by atoms with Gasteiger partial charge in [-0.05, 0) is 52.3 Å². The smallest absolute Gasteiger partial charge is 0.138 e. The van der Waals surface area contributed by atoms with Gasteiger partial charge in [-0.25, -0.2) is 0 Å². The van der Waals surface area contributed by atoms with E-state index in [4.69, 9.17) is 9.47 Å². The monoisotopic (exact) mass is 294 g/mol. The molecule has 1 aromatic heterocycles. The predicted molar refractivity (Wildman–Crippen MR) is 86.7 cm³/mol. The predicted octanol–water partition coefficient (Wildman–Crippen LogP) is 3.72. The molecule has 0 amide bonds. The molecule has 0 bridgehead atoms. The van der Waals surface area contributed by atoms with E-state index in [-0.39, 0.29) is 17.7 Å². The molecule has 0 saturated carbocycles. The Morgan fingerprint density at radius 2 is 1.86 bits per heavy atom. The minimum atomic E-state index is -0.221. The number of ether oxygens (including phenoxy) is 2. The zero-order valence-corrected chi connectivity index (χ0v) is 14.3. The van der Waals surface area contributed by atoms with Crippen molar-refractivity contribution in [3.63, 3.8) is 0 Å². The van der Waals surface area contributed by atoms with Crippen LogP contribution in [0.4, 0.5) is 0 Å². The summed E-state index contributed by atoms with van der Waals surface area (Å²) in [5.74, 6) is 0.806. The van der Waals surface area contributed by atoms with Crippen LogP contribution in [-0.2, 0) is 4.74 Å². The Labute approximate surface area is 129 Å². The van der Waals surface area contributed by atoms with Gasteiger partial charge in [-0.15, -0.1) is 0 Å². The first-order valence-electron chi connectivity index (χ1n) is 7.95. The van der Waals surface area contributed by atoms with Crippen LogP contribution in [-0.4, -0.2) is 30.3 Å². The second kappa shape index (κ2) is 8.35. The van der Waals surface area contributed by atoms with Crippen LogP contribution in [0.1, 0.15) is 59.1 Å². The normalized spacial score (nSPS) is 13.5. The summed E-state index contributed by atoms with van der Waals surface area (Å²) in [5, 5.41) is 3.41. The maximum absolute atomic E-state index is 6.13. The molecule has 1 unspecified atom stereocenters. The zero-order valence-electron chi connectivity index (χ0n) is 14.3. The first-order chi connectivity index (χ1) is 10.0. The van der Waals surface area contributed by atoms with Gasteiger partial charge in [0.2, 0.25) is 0 Å². The molecule has 0 aliphatic heterocycles. The number of rotatable bonds is 9. The Balaban J connectivity index is 3.12. The molecule has 1 heterocycles. The lowest BCUT2D eigenvalue weighted by Gasteiger charge is -2.39. The topological polar surface area (TPSA) is 43.4 Å². The van der Waals surface area contributed by atoms with Crippen LogP contribution in [0.2, 0.25) is 0 Å². The highest BCUT2D eigenvalue weighted by Crippen LogP contribution is 2.36. The fourth-order valence-corrected chi connectivity index (χ4v) is 2.90. The Hall–Kier alpha value is -1.13. The molecule has 4 heteroatoms. The van der Waals surface area contributed by atoms with E-state index in [9.17, 15) is 0 Å². The lowest BCUT2D eigenvalue weighted by atomic mass is 9.84. The minimum absolute atomic E-state index is 0.0932. The van der Waals surface area contributed by atoms with E-state index in [1.807, 2.05) is 34.0 Å². The van der Waals surface area contributed by atoms with E-state index in [0.717, 1.165) is 24.2 Å². The van der Waals surface area contributed by atoms with Gasteiger partial charge in [0.25, 0.3) is 0 Å². The van der Waals surface area contributed by atoms with E-state index in [2.05, 4.69) is 30.2 Å². The van der Waals surface area contributed by atoms with E-state index in [1.165, 1.54) is 0 Å². The molecule has 0 saturated heterocycles.